The van der Waals surface area contributed by atoms with E-state index in [4.69, 9.17) is 4.74 Å². The summed E-state index contributed by atoms with van der Waals surface area (Å²) in [5, 5.41) is 11.2. The van der Waals surface area contributed by atoms with Crippen molar-refractivity contribution in [2.75, 3.05) is 12.4 Å². The molecule has 1 aromatic heterocycles. The first-order valence-electron chi connectivity index (χ1n) is 8.58. The summed E-state index contributed by atoms with van der Waals surface area (Å²) in [6, 6.07) is 10.8. The van der Waals surface area contributed by atoms with Crippen molar-refractivity contribution in [1.29, 1.82) is 0 Å². The van der Waals surface area contributed by atoms with Gasteiger partial charge >= 0.3 is 0 Å². The minimum atomic E-state index is 0.0702. The van der Waals surface area contributed by atoms with Crippen molar-refractivity contribution in [2.45, 2.75) is 32.1 Å². The third kappa shape index (κ3) is 4.62. The molecular weight excluding hydrogens is 316 g/mol. The predicted octanol–water partition coefficient (Wildman–Crippen LogP) is 5.02. The van der Waals surface area contributed by atoms with Gasteiger partial charge in [0.15, 0.2) is 5.82 Å². The van der Waals surface area contributed by atoms with Crippen molar-refractivity contribution in [2.24, 2.45) is 16.1 Å². The number of carbonyl (C=O) groups excluding carboxylic acids is 1. The van der Waals surface area contributed by atoms with Gasteiger partial charge in [0.05, 0.1) is 18.5 Å². The Morgan fingerprint density at radius 3 is 2.72 bits per heavy atom. The highest BCUT2D eigenvalue weighted by Crippen LogP contribution is 2.32. The Morgan fingerprint density at radius 1 is 1.16 bits per heavy atom. The SMILES string of the molecule is COc1cc(/N=N/c2ccccn2)ccc1NC(=O)C1CCCCC1. The smallest absolute Gasteiger partial charge is 0.227 e. The average molecular weight is 338 g/mol. The number of methoxy groups -OCH3 is 1. The molecule has 0 unspecified atom stereocenters. The predicted molar refractivity (Wildman–Crippen MR) is 96.6 cm³/mol. The topological polar surface area (TPSA) is 75.9 Å². The highest BCUT2D eigenvalue weighted by Gasteiger charge is 2.22. The number of hydrogen-bond acceptors (Lipinski definition) is 5. The van der Waals surface area contributed by atoms with Crippen molar-refractivity contribution < 1.29 is 9.53 Å². The first kappa shape index (κ1) is 17.1. The van der Waals surface area contributed by atoms with Gasteiger partial charge in [0.25, 0.3) is 0 Å². The molecule has 6 heteroatoms. The lowest BCUT2D eigenvalue weighted by Gasteiger charge is -2.21. The van der Waals surface area contributed by atoms with Gasteiger partial charge in [0.2, 0.25) is 5.91 Å². The zero-order valence-corrected chi connectivity index (χ0v) is 14.3. The second kappa shape index (κ2) is 8.37. The Hall–Kier alpha value is -2.76. The van der Waals surface area contributed by atoms with Crippen LogP contribution in [-0.4, -0.2) is 18.0 Å². The van der Waals surface area contributed by atoms with Crippen LogP contribution in [-0.2, 0) is 4.79 Å². The summed E-state index contributed by atoms with van der Waals surface area (Å²) in [4.78, 5) is 16.5. The molecule has 2 aromatic rings. The molecular formula is C19H22N4O2. The highest BCUT2D eigenvalue weighted by molar-refractivity contribution is 5.94. The van der Waals surface area contributed by atoms with E-state index in [2.05, 4.69) is 20.5 Å². The van der Waals surface area contributed by atoms with E-state index >= 15 is 0 Å². The minimum absolute atomic E-state index is 0.0702. The maximum atomic E-state index is 12.4. The number of amides is 1. The molecule has 0 bridgehead atoms. The fourth-order valence-corrected chi connectivity index (χ4v) is 2.97. The zero-order valence-electron chi connectivity index (χ0n) is 14.3. The molecule has 1 aliphatic rings. The number of anilines is 1. The molecule has 1 fully saturated rings. The van der Waals surface area contributed by atoms with Gasteiger partial charge in [-0.05, 0) is 37.1 Å². The van der Waals surface area contributed by atoms with Gasteiger partial charge in [-0.25, -0.2) is 4.98 Å². The second-order valence-electron chi connectivity index (χ2n) is 6.10. The number of carbonyl (C=O) groups is 1. The number of rotatable bonds is 5. The quantitative estimate of drug-likeness (QED) is 0.777. The van der Waals surface area contributed by atoms with Crippen molar-refractivity contribution >= 4 is 23.1 Å². The normalized spacial score (nSPS) is 15.2. The van der Waals surface area contributed by atoms with Gasteiger partial charge in [-0.1, -0.05) is 25.3 Å². The number of azo groups is 1. The van der Waals surface area contributed by atoms with Gasteiger partial charge in [-0.2, -0.15) is 0 Å². The number of aromatic nitrogens is 1. The molecule has 130 valence electrons. The summed E-state index contributed by atoms with van der Waals surface area (Å²) in [5.74, 6) is 1.28. The molecule has 0 aliphatic heterocycles. The van der Waals surface area contributed by atoms with Crippen LogP contribution in [0.3, 0.4) is 0 Å². The van der Waals surface area contributed by atoms with Gasteiger partial charge < -0.3 is 10.1 Å². The fraction of sp³-hybridized carbons (Fsp3) is 0.368. The first-order chi connectivity index (χ1) is 12.3. The molecule has 1 saturated carbocycles. The Kier molecular flexibility index (Phi) is 5.72. The van der Waals surface area contributed by atoms with E-state index in [-0.39, 0.29) is 11.8 Å². The second-order valence-corrected chi connectivity index (χ2v) is 6.10. The molecule has 1 aliphatic carbocycles. The lowest BCUT2D eigenvalue weighted by molar-refractivity contribution is -0.120. The van der Waals surface area contributed by atoms with Gasteiger partial charge in [-0.15, -0.1) is 10.2 Å². The van der Waals surface area contributed by atoms with Crippen LogP contribution < -0.4 is 10.1 Å². The molecule has 0 atom stereocenters. The molecule has 1 N–H and O–H groups in total. The van der Waals surface area contributed by atoms with Crippen LogP contribution in [0.4, 0.5) is 17.2 Å². The summed E-state index contributed by atoms with van der Waals surface area (Å²) in [6.07, 6.45) is 7.07. The number of nitrogens with one attached hydrogen (secondary N) is 1. The Labute approximate surface area is 147 Å². The lowest BCUT2D eigenvalue weighted by atomic mass is 9.88. The molecule has 1 amide bonds. The summed E-state index contributed by atoms with van der Waals surface area (Å²) in [7, 11) is 1.57. The molecule has 1 heterocycles. The Balaban J connectivity index is 1.71. The summed E-state index contributed by atoms with van der Waals surface area (Å²) in [6.45, 7) is 0. The van der Waals surface area contributed by atoms with Crippen LogP contribution in [0.2, 0.25) is 0 Å². The van der Waals surface area contributed by atoms with Crippen molar-refractivity contribution in [3.05, 3.63) is 42.6 Å². The van der Waals surface area contributed by atoms with Crippen LogP contribution in [0.15, 0.2) is 52.8 Å². The van der Waals surface area contributed by atoms with E-state index in [1.165, 1.54) is 6.42 Å². The van der Waals surface area contributed by atoms with Crippen molar-refractivity contribution in [3.63, 3.8) is 0 Å². The molecule has 0 spiro atoms. The van der Waals surface area contributed by atoms with E-state index in [0.29, 0.717) is 22.9 Å². The molecule has 25 heavy (non-hydrogen) atoms. The Morgan fingerprint density at radius 2 is 2.00 bits per heavy atom. The number of hydrogen-bond donors (Lipinski definition) is 1. The molecule has 0 saturated heterocycles. The van der Waals surface area contributed by atoms with E-state index in [1.807, 2.05) is 12.1 Å². The number of benzene rings is 1. The first-order valence-corrected chi connectivity index (χ1v) is 8.58. The summed E-state index contributed by atoms with van der Waals surface area (Å²) < 4.78 is 5.39. The van der Waals surface area contributed by atoms with Crippen LogP contribution in [0.1, 0.15) is 32.1 Å². The van der Waals surface area contributed by atoms with Crippen LogP contribution >= 0.6 is 0 Å². The molecule has 6 nitrogen and oxygen atoms in total. The van der Waals surface area contributed by atoms with Crippen LogP contribution in [0.25, 0.3) is 0 Å². The Bertz CT molecular complexity index is 740. The molecule has 3 rings (SSSR count). The summed E-state index contributed by atoms with van der Waals surface area (Å²) in [5.41, 5.74) is 1.30. The number of nitrogens with zero attached hydrogens (tertiary/aromatic N) is 3. The van der Waals surface area contributed by atoms with E-state index in [0.717, 1.165) is 25.7 Å². The third-order valence-electron chi connectivity index (χ3n) is 4.34. The number of pyridine rings is 1. The number of ether oxygens (including phenoxy) is 1. The van der Waals surface area contributed by atoms with Crippen molar-refractivity contribution in [3.8, 4) is 5.75 Å². The van der Waals surface area contributed by atoms with E-state index < -0.39 is 0 Å². The molecule has 1 aromatic carbocycles. The van der Waals surface area contributed by atoms with Gasteiger partial charge in [0, 0.05) is 18.2 Å². The maximum Gasteiger partial charge on any atom is 0.227 e. The maximum absolute atomic E-state index is 12.4. The monoisotopic (exact) mass is 338 g/mol. The van der Waals surface area contributed by atoms with E-state index in [9.17, 15) is 4.79 Å². The minimum Gasteiger partial charge on any atom is -0.494 e. The lowest BCUT2D eigenvalue weighted by Crippen LogP contribution is -2.24. The van der Waals surface area contributed by atoms with Crippen LogP contribution in [0.5, 0.6) is 5.75 Å². The van der Waals surface area contributed by atoms with E-state index in [1.54, 1.807) is 37.6 Å². The standard InChI is InChI=1S/C19H22N4O2/c1-25-17-13-15(22-23-18-9-5-6-12-20-18)10-11-16(17)21-19(24)14-7-3-2-4-8-14/h5-6,9-14H,2-4,7-8H2,1H3,(H,21,24)/b23-22+. The molecule has 0 radical (unpaired) electrons. The fourth-order valence-electron chi connectivity index (χ4n) is 2.97. The van der Waals surface area contributed by atoms with Crippen LogP contribution in [0, 0.1) is 5.92 Å². The summed E-state index contributed by atoms with van der Waals surface area (Å²) >= 11 is 0. The average Bonchev–Trinajstić information content (AvgIpc) is 2.68. The highest BCUT2D eigenvalue weighted by atomic mass is 16.5. The van der Waals surface area contributed by atoms with Gasteiger partial charge in [0.1, 0.15) is 5.75 Å². The van der Waals surface area contributed by atoms with Gasteiger partial charge in [-0.3, -0.25) is 4.79 Å². The zero-order chi connectivity index (χ0) is 17.5. The third-order valence-corrected chi connectivity index (χ3v) is 4.34. The van der Waals surface area contributed by atoms with Crippen molar-refractivity contribution in [1.82, 2.24) is 4.98 Å². The largest absolute Gasteiger partial charge is 0.494 e.